The SMILES string of the molecule is C=CC(=O)N1CCC[C@@H](n2nc(-c3cccc(CNC(O)c4ccccc4OC)c3)c3c(N)ncnc32)C1. The molecule has 0 spiro atoms. The van der Waals surface area contributed by atoms with Gasteiger partial charge in [0, 0.05) is 30.8 Å². The van der Waals surface area contributed by atoms with E-state index in [9.17, 15) is 9.90 Å². The second-order valence-corrected chi connectivity index (χ2v) is 9.26. The lowest BCUT2D eigenvalue weighted by Gasteiger charge is -2.32. The fourth-order valence-electron chi connectivity index (χ4n) is 4.98. The molecule has 0 saturated carbocycles. The van der Waals surface area contributed by atoms with Crippen molar-refractivity contribution in [3.63, 3.8) is 0 Å². The summed E-state index contributed by atoms with van der Waals surface area (Å²) in [7, 11) is 1.58. The highest BCUT2D eigenvalue weighted by Gasteiger charge is 2.28. The van der Waals surface area contributed by atoms with Gasteiger partial charge in [-0.1, -0.05) is 43.0 Å². The highest BCUT2D eigenvalue weighted by atomic mass is 16.5. The first-order valence-corrected chi connectivity index (χ1v) is 12.5. The second kappa shape index (κ2) is 11.0. The number of hydrogen-bond acceptors (Lipinski definition) is 8. The number of ether oxygens (including phenoxy) is 1. The van der Waals surface area contributed by atoms with Crippen LogP contribution in [0.15, 0.2) is 67.5 Å². The van der Waals surface area contributed by atoms with Crippen LogP contribution in [0.3, 0.4) is 0 Å². The minimum atomic E-state index is -0.897. The van der Waals surface area contributed by atoms with E-state index in [4.69, 9.17) is 15.6 Å². The Morgan fingerprint density at radius 3 is 2.95 bits per heavy atom. The topological polar surface area (TPSA) is 131 Å². The minimum absolute atomic E-state index is 0.0425. The van der Waals surface area contributed by atoms with Crippen molar-refractivity contribution in [3.05, 3.63) is 78.6 Å². The predicted molar refractivity (Wildman–Crippen MR) is 145 cm³/mol. The van der Waals surface area contributed by atoms with Crippen LogP contribution in [0.1, 0.15) is 36.2 Å². The van der Waals surface area contributed by atoms with Crippen LogP contribution >= 0.6 is 0 Å². The second-order valence-electron chi connectivity index (χ2n) is 9.26. The molecular weight excluding hydrogens is 482 g/mol. The van der Waals surface area contributed by atoms with Crippen molar-refractivity contribution in [1.82, 2.24) is 30.0 Å². The number of aromatic nitrogens is 4. The molecule has 1 fully saturated rings. The summed E-state index contributed by atoms with van der Waals surface area (Å²) in [6.07, 6.45) is 3.61. The first kappa shape index (κ1) is 25.4. The van der Waals surface area contributed by atoms with Gasteiger partial charge in [-0.25, -0.2) is 14.6 Å². The summed E-state index contributed by atoms with van der Waals surface area (Å²) in [6, 6.07) is 15.2. The molecule has 2 aromatic carbocycles. The van der Waals surface area contributed by atoms with Crippen LogP contribution in [0.5, 0.6) is 5.75 Å². The van der Waals surface area contributed by atoms with Crippen LogP contribution < -0.4 is 15.8 Å². The lowest BCUT2D eigenvalue weighted by Crippen LogP contribution is -2.40. The summed E-state index contributed by atoms with van der Waals surface area (Å²) < 4.78 is 7.24. The van der Waals surface area contributed by atoms with Crippen LogP contribution in [0.4, 0.5) is 5.82 Å². The molecule has 0 aliphatic carbocycles. The molecule has 5 rings (SSSR count). The van der Waals surface area contributed by atoms with Gasteiger partial charge in [-0.15, -0.1) is 0 Å². The van der Waals surface area contributed by atoms with Gasteiger partial charge in [-0.3, -0.25) is 10.1 Å². The molecule has 38 heavy (non-hydrogen) atoms. The zero-order valence-electron chi connectivity index (χ0n) is 21.2. The zero-order chi connectivity index (χ0) is 26.6. The number of likely N-dealkylation sites (tertiary alicyclic amines) is 1. The number of nitrogens with one attached hydrogen (secondary N) is 1. The standard InChI is InChI=1S/C28H31N7O3/c1-3-23(36)34-13-7-10-20(16-34)35-27-24(26(29)31-17-32-27)25(33-35)19-9-6-8-18(14-19)15-30-28(37)21-11-4-5-12-22(21)38-2/h3-6,8-9,11-12,14,17,20,28,30,37H,1,7,10,13,15-16H2,2H3,(H2,29,31,32)/t20-,28?/m1/s1. The summed E-state index contributed by atoms with van der Waals surface area (Å²) in [5, 5.41) is 19.5. The Bertz CT molecular complexity index is 1470. The lowest BCUT2D eigenvalue weighted by atomic mass is 10.1. The van der Waals surface area contributed by atoms with Crippen molar-refractivity contribution in [3.8, 4) is 17.0 Å². The average molecular weight is 514 g/mol. The van der Waals surface area contributed by atoms with Crippen molar-refractivity contribution in [2.45, 2.75) is 31.7 Å². The van der Waals surface area contributed by atoms with Gasteiger partial charge in [-0.2, -0.15) is 5.10 Å². The Hall–Kier alpha value is -4.28. The number of para-hydroxylation sites is 1. The number of fused-ring (bicyclic) bond motifs is 1. The smallest absolute Gasteiger partial charge is 0.246 e. The van der Waals surface area contributed by atoms with E-state index in [2.05, 4.69) is 21.9 Å². The lowest BCUT2D eigenvalue weighted by molar-refractivity contribution is -0.127. The summed E-state index contributed by atoms with van der Waals surface area (Å²) >= 11 is 0. The molecule has 4 aromatic rings. The quantitative estimate of drug-likeness (QED) is 0.242. The number of hydrogen-bond donors (Lipinski definition) is 3. The molecule has 1 unspecified atom stereocenters. The molecule has 4 N–H and O–H groups in total. The van der Waals surface area contributed by atoms with E-state index in [1.165, 1.54) is 12.4 Å². The molecule has 10 heteroatoms. The number of carbonyl (C=O) groups excluding carboxylic acids is 1. The van der Waals surface area contributed by atoms with E-state index in [0.29, 0.717) is 53.5 Å². The first-order chi connectivity index (χ1) is 18.5. The normalized spacial score (nSPS) is 16.4. The molecule has 2 aromatic heterocycles. The first-order valence-electron chi connectivity index (χ1n) is 12.5. The molecule has 0 radical (unpaired) electrons. The average Bonchev–Trinajstić information content (AvgIpc) is 3.37. The van der Waals surface area contributed by atoms with Gasteiger partial charge in [0.25, 0.3) is 0 Å². The third kappa shape index (κ3) is 4.96. The molecule has 0 bridgehead atoms. The van der Waals surface area contributed by atoms with Crippen molar-refractivity contribution in [2.24, 2.45) is 0 Å². The Balaban J connectivity index is 1.44. The van der Waals surface area contributed by atoms with Crippen LogP contribution in [0.25, 0.3) is 22.3 Å². The molecule has 10 nitrogen and oxygen atoms in total. The number of methoxy groups -OCH3 is 1. The molecule has 2 atom stereocenters. The molecule has 1 saturated heterocycles. The number of amides is 1. The highest BCUT2D eigenvalue weighted by Crippen LogP contribution is 2.34. The molecule has 196 valence electrons. The third-order valence-electron chi connectivity index (χ3n) is 6.88. The van der Waals surface area contributed by atoms with Crippen LogP contribution in [0.2, 0.25) is 0 Å². The van der Waals surface area contributed by atoms with Gasteiger partial charge >= 0.3 is 0 Å². The number of benzene rings is 2. The maximum atomic E-state index is 12.3. The molecule has 1 aliphatic rings. The number of nitrogens with two attached hydrogens (primary N) is 1. The van der Waals surface area contributed by atoms with Gasteiger partial charge in [-0.05, 0) is 36.6 Å². The van der Waals surface area contributed by atoms with E-state index in [-0.39, 0.29) is 11.9 Å². The number of nitrogens with zero attached hydrogens (tertiary/aromatic N) is 5. The maximum absolute atomic E-state index is 12.3. The van der Waals surface area contributed by atoms with E-state index < -0.39 is 6.23 Å². The number of nitrogen functional groups attached to an aromatic ring is 1. The fraction of sp³-hybridized carbons (Fsp3) is 0.286. The number of carbonyl (C=O) groups is 1. The monoisotopic (exact) mass is 513 g/mol. The summed E-state index contributed by atoms with van der Waals surface area (Å²) in [5.74, 6) is 0.877. The summed E-state index contributed by atoms with van der Waals surface area (Å²) in [4.78, 5) is 22.8. The highest BCUT2D eigenvalue weighted by molar-refractivity contribution is 5.98. The summed E-state index contributed by atoms with van der Waals surface area (Å²) in [5.41, 5.74) is 10.1. The third-order valence-corrected chi connectivity index (χ3v) is 6.88. The van der Waals surface area contributed by atoms with Gasteiger partial charge < -0.3 is 20.5 Å². The van der Waals surface area contributed by atoms with Gasteiger partial charge in [0.1, 0.15) is 29.8 Å². The number of piperidine rings is 1. The van der Waals surface area contributed by atoms with Crippen molar-refractivity contribution in [1.29, 1.82) is 0 Å². The van der Waals surface area contributed by atoms with Gasteiger partial charge in [0.15, 0.2) is 5.65 Å². The molecule has 1 amide bonds. The number of rotatable bonds is 8. The van der Waals surface area contributed by atoms with Crippen molar-refractivity contribution < 1.29 is 14.6 Å². The van der Waals surface area contributed by atoms with Crippen LogP contribution in [0, 0.1) is 0 Å². The van der Waals surface area contributed by atoms with Crippen molar-refractivity contribution >= 4 is 22.8 Å². The number of aliphatic hydroxyl groups excluding tert-OH is 1. The number of anilines is 1. The Morgan fingerprint density at radius 2 is 2.13 bits per heavy atom. The van der Waals surface area contributed by atoms with Crippen LogP contribution in [-0.2, 0) is 11.3 Å². The van der Waals surface area contributed by atoms with E-state index in [1.54, 1.807) is 12.0 Å². The number of aliphatic hydroxyl groups is 1. The largest absolute Gasteiger partial charge is 0.496 e. The maximum Gasteiger partial charge on any atom is 0.246 e. The van der Waals surface area contributed by atoms with E-state index in [0.717, 1.165) is 24.0 Å². The Kier molecular flexibility index (Phi) is 7.34. The van der Waals surface area contributed by atoms with Crippen molar-refractivity contribution in [2.75, 3.05) is 25.9 Å². The van der Waals surface area contributed by atoms with Crippen LogP contribution in [-0.4, -0.2) is 55.9 Å². The molecule has 1 aliphatic heterocycles. The molecule has 3 heterocycles. The van der Waals surface area contributed by atoms with Gasteiger partial charge in [0.05, 0.1) is 18.5 Å². The summed E-state index contributed by atoms with van der Waals surface area (Å²) in [6.45, 7) is 5.25. The minimum Gasteiger partial charge on any atom is -0.496 e. The zero-order valence-corrected chi connectivity index (χ0v) is 21.2. The molecular formula is C28H31N7O3. The van der Waals surface area contributed by atoms with E-state index >= 15 is 0 Å². The van der Waals surface area contributed by atoms with Gasteiger partial charge in [0.2, 0.25) is 5.91 Å². The predicted octanol–water partition coefficient (Wildman–Crippen LogP) is 3.21. The Morgan fingerprint density at radius 1 is 1.29 bits per heavy atom. The fourth-order valence-corrected chi connectivity index (χ4v) is 4.98. The van der Waals surface area contributed by atoms with E-state index in [1.807, 2.05) is 53.2 Å². The Labute approximate surface area is 220 Å².